The van der Waals surface area contributed by atoms with Gasteiger partial charge in [-0.05, 0) is 60.9 Å². The Labute approximate surface area is 176 Å². The normalized spacial score (nSPS) is 10.2. The minimum atomic E-state index is 0.445. The summed E-state index contributed by atoms with van der Waals surface area (Å²) in [6.45, 7) is 2.19. The molecule has 0 unspecified atom stereocenters. The van der Waals surface area contributed by atoms with E-state index >= 15 is 0 Å². The topological polar surface area (TPSA) is 98.6 Å². The number of unbranched alkanes of at least 4 members (excludes halogenated alkanes) is 3. The predicted molar refractivity (Wildman–Crippen MR) is 116 cm³/mol. The number of hydrogen-bond donors (Lipinski definition) is 0. The van der Waals surface area contributed by atoms with Gasteiger partial charge in [0.25, 0.3) is 0 Å². The first-order valence-corrected chi connectivity index (χ1v) is 10.2. The molecular formula is C24H24N6. The van der Waals surface area contributed by atoms with Gasteiger partial charge in [-0.3, -0.25) is 9.97 Å². The molecule has 6 nitrogen and oxygen atoms in total. The molecular weight excluding hydrogens is 372 g/mol. The van der Waals surface area contributed by atoms with Crippen LogP contribution in [0.5, 0.6) is 0 Å². The highest BCUT2D eigenvalue weighted by atomic mass is 14.9. The van der Waals surface area contributed by atoms with Gasteiger partial charge in [0.05, 0.1) is 22.3 Å². The van der Waals surface area contributed by atoms with Gasteiger partial charge in [0.1, 0.15) is 0 Å². The number of aromatic nitrogens is 2. The molecule has 2 aromatic heterocycles. The molecule has 0 fully saturated rings. The maximum Gasteiger partial charge on any atom is 0.329 e. The summed E-state index contributed by atoms with van der Waals surface area (Å²) in [5, 5.41) is 0. The molecule has 3 rings (SSSR count). The molecule has 0 aliphatic carbocycles. The number of rotatable bonds is 9. The van der Waals surface area contributed by atoms with Gasteiger partial charge in [0.15, 0.2) is 0 Å². The monoisotopic (exact) mass is 396 g/mol. The van der Waals surface area contributed by atoms with E-state index in [9.17, 15) is 11.1 Å². The fraction of sp³-hybridized carbons (Fsp3) is 0.250. The quantitative estimate of drug-likeness (QED) is 0.226. The minimum absolute atomic E-state index is 0.445. The van der Waals surface area contributed by atoms with Gasteiger partial charge in [-0.1, -0.05) is 26.2 Å². The Balaban J connectivity index is 2.07. The van der Waals surface area contributed by atoms with Crippen LogP contribution in [0.15, 0.2) is 67.3 Å². The van der Waals surface area contributed by atoms with Crippen molar-refractivity contribution in [1.82, 2.24) is 9.97 Å². The molecule has 0 saturated carbocycles. The summed E-state index contributed by atoms with van der Waals surface area (Å²) < 4.78 is 0. The highest BCUT2D eigenvalue weighted by molar-refractivity contribution is 6.13. The van der Waals surface area contributed by atoms with Crippen LogP contribution in [0, 0.1) is 0 Å². The van der Waals surface area contributed by atoms with Crippen molar-refractivity contribution in [2.45, 2.75) is 39.0 Å². The number of benzene rings is 1. The summed E-state index contributed by atoms with van der Waals surface area (Å²) in [7, 11) is 0. The fourth-order valence-corrected chi connectivity index (χ4v) is 3.45. The second kappa shape index (κ2) is 10.7. The molecule has 0 spiro atoms. The Morgan fingerprint density at radius 3 is 1.63 bits per heavy atom. The van der Waals surface area contributed by atoms with Crippen LogP contribution in [0.3, 0.4) is 0 Å². The highest BCUT2D eigenvalue weighted by Crippen LogP contribution is 2.19. The first-order valence-electron chi connectivity index (χ1n) is 10.2. The standard InChI is InChI=1S/C24H24N6/c1-2-3-4-5-6-18-15-21(23(29-25)19-7-11-27-12-8-19)17-22(16-18)24(30-26)20-9-13-28-14-10-20/h7-17H,2-6H2,1H3. The average Bonchev–Trinajstić information content (AvgIpc) is 2.79. The largest absolute Gasteiger partial charge is 0.361 e. The van der Waals surface area contributed by atoms with Gasteiger partial charge in [0.2, 0.25) is 0 Å². The second-order valence-electron chi connectivity index (χ2n) is 7.10. The van der Waals surface area contributed by atoms with Crippen molar-refractivity contribution in [2.24, 2.45) is 0 Å². The lowest BCUT2D eigenvalue weighted by atomic mass is 9.93. The van der Waals surface area contributed by atoms with Crippen molar-refractivity contribution in [3.8, 4) is 0 Å². The number of aryl methyl sites for hydroxylation is 1. The van der Waals surface area contributed by atoms with E-state index in [2.05, 4.69) is 26.5 Å². The molecule has 1 aromatic carbocycles. The number of pyridine rings is 2. The number of hydrogen-bond acceptors (Lipinski definition) is 2. The summed E-state index contributed by atoms with van der Waals surface area (Å²) in [6, 6.07) is 13.1. The minimum Gasteiger partial charge on any atom is -0.361 e. The highest BCUT2D eigenvalue weighted by Gasteiger charge is 2.22. The van der Waals surface area contributed by atoms with Gasteiger partial charge in [0, 0.05) is 24.8 Å². The van der Waals surface area contributed by atoms with E-state index in [1.807, 2.05) is 18.2 Å². The maximum absolute atomic E-state index is 9.75. The van der Waals surface area contributed by atoms with E-state index < -0.39 is 0 Å². The third-order valence-electron chi connectivity index (χ3n) is 4.97. The summed E-state index contributed by atoms with van der Waals surface area (Å²) in [4.78, 5) is 15.2. The second-order valence-corrected chi connectivity index (χ2v) is 7.10. The van der Waals surface area contributed by atoms with E-state index in [1.54, 1.807) is 49.1 Å². The van der Waals surface area contributed by atoms with Gasteiger partial charge in [-0.2, -0.15) is 9.58 Å². The van der Waals surface area contributed by atoms with Crippen LogP contribution in [0.25, 0.3) is 11.1 Å². The van der Waals surface area contributed by atoms with Crippen LogP contribution in [-0.4, -0.2) is 31.0 Å². The molecule has 0 atom stereocenters. The summed E-state index contributed by atoms with van der Waals surface area (Å²) in [5.74, 6) is 0. The van der Waals surface area contributed by atoms with Gasteiger partial charge in [-0.25, -0.2) is 0 Å². The molecule has 0 saturated heterocycles. The van der Waals surface area contributed by atoms with E-state index in [0.717, 1.165) is 47.1 Å². The van der Waals surface area contributed by atoms with Crippen LogP contribution in [0.1, 0.15) is 60.4 Å². The molecule has 6 heteroatoms. The number of nitrogens with zero attached hydrogens (tertiary/aromatic N) is 6. The lowest BCUT2D eigenvalue weighted by Gasteiger charge is -2.07. The van der Waals surface area contributed by atoms with Crippen molar-refractivity contribution >= 4 is 11.4 Å². The first-order chi connectivity index (χ1) is 14.8. The Morgan fingerprint density at radius 2 is 1.20 bits per heavy atom. The molecule has 0 amide bonds. The van der Waals surface area contributed by atoms with Gasteiger partial charge >= 0.3 is 11.4 Å². The zero-order valence-corrected chi connectivity index (χ0v) is 17.1. The van der Waals surface area contributed by atoms with E-state index in [4.69, 9.17) is 0 Å². The first kappa shape index (κ1) is 21.0. The molecule has 2 heterocycles. The summed E-state index contributed by atoms with van der Waals surface area (Å²) in [5.41, 5.74) is 24.5. The molecule has 0 N–H and O–H groups in total. The molecule has 3 aromatic rings. The van der Waals surface area contributed by atoms with Gasteiger partial charge < -0.3 is 11.1 Å². The van der Waals surface area contributed by atoms with Crippen LogP contribution >= 0.6 is 0 Å². The summed E-state index contributed by atoms with van der Waals surface area (Å²) in [6.07, 6.45) is 12.1. The van der Waals surface area contributed by atoms with Crippen molar-refractivity contribution < 1.29 is 9.58 Å². The third kappa shape index (κ3) is 5.21. The molecule has 0 bridgehead atoms. The average molecular weight is 396 g/mol. The van der Waals surface area contributed by atoms with E-state index in [-0.39, 0.29) is 0 Å². The lowest BCUT2D eigenvalue weighted by Crippen LogP contribution is -2.11. The van der Waals surface area contributed by atoms with Crippen molar-refractivity contribution in [2.75, 3.05) is 0 Å². The van der Waals surface area contributed by atoms with Crippen molar-refractivity contribution in [3.05, 3.63) is 106 Å². The van der Waals surface area contributed by atoms with Gasteiger partial charge in [-0.15, -0.1) is 0 Å². The maximum atomic E-state index is 9.75. The molecule has 30 heavy (non-hydrogen) atoms. The lowest BCUT2D eigenvalue weighted by molar-refractivity contribution is -0.00291. The van der Waals surface area contributed by atoms with Crippen molar-refractivity contribution in [1.29, 1.82) is 0 Å². The molecule has 150 valence electrons. The Hall–Kier alpha value is -3.72. The fourth-order valence-electron chi connectivity index (χ4n) is 3.45. The molecule has 0 aliphatic rings. The van der Waals surface area contributed by atoms with Crippen molar-refractivity contribution in [3.63, 3.8) is 0 Å². The molecule has 0 aliphatic heterocycles. The zero-order valence-electron chi connectivity index (χ0n) is 17.1. The zero-order chi connectivity index (χ0) is 21.2. The van der Waals surface area contributed by atoms with Crippen LogP contribution in [-0.2, 0) is 6.42 Å². The smallest absolute Gasteiger partial charge is 0.329 e. The Bertz CT molecular complexity index is 999. The Kier molecular flexibility index (Phi) is 7.51. The van der Waals surface area contributed by atoms with Crippen LogP contribution < -0.4 is 0 Å². The molecule has 0 radical (unpaired) electrons. The van der Waals surface area contributed by atoms with Crippen LogP contribution in [0.2, 0.25) is 0 Å². The van der Waals surface area contributed by atoms with Crippen LogP contribution in [0.4, 0.5) is 0 Å². The third-order valence-corrected chi connectivity index (χ3v) is 4.97. The SMILES string of the molecule is CCCCCCc1cc(C(=[N+]=[N-])c2ccncc2)cc(C(=[N+]=[N-])c2ccncc2)c1. The van der Waals surface area contributed by atoms with E-state index in [0.29, 0.717) is 11.4 Å². The summed E-state index contributed by atoms with van der Waals surface area (Å²) >= 11 is 0. The Morgan fingerprint density at radius 1 is 0.700 bits per heavy atom. The predicted octanol–water partition coefficient (Wildman–Crippen LogP) is 4.73. The van der Waals surface area contributed by atoms with E-state index in [1.165, 1.54) is 12.8 Å².